The molecule has 42 heteroatoms. The highest BCUT2D eigenvalue weighted by atomic mass is 19.4. The summed E-state index contributed by atoms with van der Waals surface area (Å²) in [5, 5.41) is 47.0. The summed E-state index contributed by atoms with van der Waals surface area (Å²) in [7, 11) is 5.55. The number of ketones is 3. The molecule has 0 atom stereocenters. The molecule has 5 amide bonds. The number of hydrogen-bond donors (Lipinski definition) is 11. The van der Waals surface area contributed by atoms with Gasteiger partial charge in [0.05, 0.1) is 71.7 Å². The molecule has 39 nitrogen and oxygen atoms in total. The number of anilines is 6. The van der Waals surface area contributed by atoms with Crippen LogP contribution in [0.2, 0.25) is 0 Å². The van der Waals surface area contributed by atoms with Gasteiger partial charge in [-0.15, -0.1) is 0 Å². The molecule has 0 bridgehead atoms. The summed E-state index contributed by atoms with van der Waals surface area (Å²) in [4.78, 5) is 136. The molecule has 0 fully saturated rings. The van der Waals surface area contributed by atoms with Crippen LogP contribution in [-0.4, -0.2) is 228 Å². The van der Waals surface area contributed by atoms with Gasteiger partial charge >= 0.3 is 54.3 Å². The van der Waals surface area contributed by atoms with Crippen LogP contribution in [-0.2, 0) is 73.5 Å². The molecule has 0 saturated carbocycles. The number of para-hydroxylation sites is 6. The van der Waals surface area contributed by atoms with Gasteiger partial charge in [-0.3, -0.25) is 44.7 Å². The number of carboxylic acid groups (broad SMARTS) is 2. The van der Waals surface area contributed by atoms with Crippen LogP contribution >= 0.6 is 0 Å². The smallest absolute Gasteiger partial charge is 0.471 e. The number of carboxylic acids is 2. The van der Waals surface area contributed by atoms with E-state index in [9.17, 15) is 61.1 Å². The number of nitrogens with one attached hydrogen (secondary N) is 8. The standard InChI is InChI=1S/C21H21N5O4.C20H19N5O5.C16H12N4O3.C10H19NO4.C7H10F3NO3.C7H15NO3/c1-13(27)12-29-10-9-22-19(28)14-7-8-17-16(11-14)23-20(26(17)2)25-21-24-15-5-3-4-6-18(15)30-21;1-25-15-7-6-12(18(28)21-8-9-29-11-17(26)27)10-14(15)22-19(25)24-20-23-13-4-2-3-5-16(13)30-20;1-20-12-7-6-9(14(21)22)8-11(12)17-15(20)19-16-18-10-4-2-3-5-13(10)23-16;1-8(12)7-14-6-5-11-9(13)15-10(2,3)4;1-5(12)4-14-3-2-11-6(13)7(8,9)10;1-7(2,3)11-6(10)8-4-5-9/h3-8,11H,9-10,12H2,1-2H3,(H,22,28)(H,23,24,25);2-7,10H,8-9,11H2,1H3,(H,21,28)(H,26,27)(H,22,23,24);2-8H,1H3,(H,21,22)(H,17,18,19);5-7H2,1-4H3,(H,11,13);2-4H2,1H3,(H,11,13);9H,4-5H2,1-3H3,(H,8,10). The largest absolute Gasteiger partial charge is 0.480 e. The Kier molecular flexibility index (Phi) is 36.0. The van der Waals surface area contributed by atoms with Crippen LogP contribution in [0, 0.1) is 0 Å². The first-order chi connectivity index (χ1) is 58.2. The summed E-state index contributed by atoms with van der Waals surface area (Å²) >= 11 is 0. The van der Waals surface area contributed by atoms with Crippen molar-refractivity contribution in [1.82, 2.24) is 70.2 Å². The Morgan fingerprint density at radius 1 is 0.398 bits per heavy atom. The SMILES string of the molecule is CC(=O)COCCNC(=O)C(F)(F)F.CC(=O)COCCNC(=O)OC(C)(C)C.CC(=O)COCCNC(=O)c1ccc2c(c1)nc(Nc1nc3ccccc3o1)n2C.CC(C)(C)OC(=O)NCCO.Cn1c(Nc2nc3ccccc3o2)nc2cc(C(=O)NCCOCC(=O)O)ccc21.Cn1c(Nc2nc3ccccc3o2)nc2cc(C(=O)O)ccc21. The number of aromatic carboxylic acids is 1. The van der Waals surface area contributed by atoms with Crippen molar-refractivity contribution in [3.63, 3.8) is 0 Å². The van der Waals surface area contributed by atoms with Gasteiger partial charge in [0.2, 0.25) is 17.8 Å². The molecule has 12 aromatic rings. The molecule has 6 aromatic carbocycles. The van der Waals surface area contributed by atoms with E-state index in [0.29, 0.717) is 100 Å². The number of aryl methyl sites for hydroxylation is 3. The zero-order valence-corrected chi connectivity index (χ0v) is 69.3. The number of aliphatic hydroxyl groups is 1. The zero-order valence-electron chi connectivity index (χ0n) is 69.3. The third kappa shape index (κ3) is 32.3. The first-order valence-corrected chi connectivity index (χ1v) is 37.7. The van der Waals surface area contributed by atoms with E-state index in [1.165, 1.54) is 26.8 Å². The maximum atomic E-state index is 12.4. The van der Waals surface area contributed by atoms with Gasteiger partial charge in [0.15, 0.2) is 34.1 Å². The molecule has 123 heavy (non-hydrogen) atoms. The minimum Gasteiger partial charge on any atom is -0.480 e. The van der Waals surface area contributed by atoms with E-state index in [4.69, 9.17) is 52.3 Å². The Bertz CT molecular complexity index is 5330. The van der Waals surface area contributed by atoms with Crippen LogP contribution < -0.4 is 42.5 Å². The maximum Gasteiger partial charge on any atom is 0.471 e. The molecule has 0 aliphatic heterocycles. The minimum atomic E-state index is -4.87. The number of benzene rings is 6. The number of rotatable bonds is 31. The number of alkyl carbamates (subject to hydrolysis) is 2. The number of ether oxygens (including phenoxy) is 6. The van der Waals surface area contributed by atoms with Gasteiger partial charge in [-0.1, -0.05) is 36.4 Å². The number of halogens is 3. The van der Waals surface area contributed by atoms with E-state index in [2.05, 4.69) is 71.9 Å². The second-order valence-corrected chi connectivity index (χ2v) is 28.3. The lowest BCUT2D eigenvalue weighted by Gasteiger charge is -2.19. The number of nitrogens with zero attached hydrogens (tertiary/aromatic N) is 9. The number of aliphatic carboxylic acids is 1. The minimum absolute atomic E-state index is 0.0349. The Morgan fingerprint density at radius 2 is 0.707 bits per heavy atom. The van der Waals surface area contributed by atoms with Gasteiger partial charge in [0.25, 0.3) is 11.8 Å². The number of fused-ring (bicyclic) bond motifs is 6. The van der Waals surface area contributed by atoms with Crippen molar-refractivity contribution in [2.75, 3.05) is 108 Å². The van der Waals surface area contributed by atoms with Crippen molar-refractivity contribution in [2.24, 2.45) is 21.1 Å². The molecule has 6 aromatic heterocycles. The van der Waals surface area contributed by atoms with Crippen molar-refractivity contribution in [3.05, 3.63) is 144 Å². The Hall–Kier alpha value is -14.0. The van der Waals surface area contributed by atoms with Gasteiger partial charge in [-0.05, 0) is 153 Å². The van der Waals surface area contributed by atoms with E-state index < -0.39 is 54.0 Å². The summed E-state index contributed by atoms with van der Waals surface area (Å²) in [6.45, 7) is 15.8. The molecule has 0 aliphatic carbocycles. The van der Waals surface area contributed by atoms with Gasteiger partial charge in [0, 0.05) is 65.0 Å². The second kappa shape index (κ2) is 46.0. The normalized spacial score (nSPS) is 11.1. The van der Waals surface area contributed by atoms with Crippen LogP contribution in [0.15, 0.2) is 141 Å². The van der Waals surface area contributed by atoms with Crippen molar-refractivity contribution in [1.29, 1.82) is 0 Å². The number of carbonyl (C=O) groups is 10. The highest BCUT2D eigenvalue weighted by Gasteiger charge is 2.38. The third-order valence-electron chi connectivity index (χ3n) is 15.6. The number of aromatic nitrogens is 9. The lowest BCUT2D eigenvalue weighted by atomic mass is 10.2. The second-order valence-electron chi connectivity index (χ2n) is 28.3. The summed E-state index contributed by atoms with van der Waals surface area (Å²) in [6, 6.07) is 38.7. The molecule has 0 saturated heterocycles. The third-order valence-corrected chi connectivity index (χ3v) is 15.6. The fourth-order valence-electron chi connectivity index (χ4n) is 10.2. The highest BCUT2D eigenvalue weighted by Crippen LogP contribution is 2.29. The van der Waals surface area contributed by atoms with Crippen molar-refractivity contribution < 1.29 is 118 Å². The fraction of sp³-hybridized carbons (Fsp3) is 0.358. The zero-order chi connectivity index (χ0) is 90.1. The Balaban J connectivity index is 0.000000211. The van der Waals surface area contributed by atoms with Crippen molar-refractivity contribution >= 4 is 161 Å². The molecule has 12 rings (SSSR count). The summed E-state index contributed by atoms with van der Waals surface area (Å²) in [6.07, 6.45) is -5.85. The quantitative estimate of drug-likeness (QED) is 0.0180. The number of Topliss-reactive ketones (excluding diaryl/α,β-unsaturated/α-hetero) is 3. The molecular weight excluding hydrogens is 1620 g/mol. The van der Waals surface area contributed by atoms with E-state index in [-0.39, 0.29) is 101 Å². The number of hydrogen-bond acceptors (Lipinski definition) is 29. The molecule has 0 aliphatic rings. The van der Waals surface area contributed by atoms with Crippen molar-refractivity contribution in [2.45, 2.75) is 79.7 Å². The van der Waals surface area contributed by atoms with Crippen LogP contribution in [0.4, 0.5) is 58.6 Å². The van der Waals surface area contributed by atoms with Crippen LogP contribution in [0.25, 0.3) is 66.4 Å². The maximum absolute atomic E-state index is 12.4. The van der Waals surface area contributed by atoms with Crippen LogP contribution in [0.1, 0.15) is 93.4 Å². The predicted molar refractivity (Wildman–Crippen MR) is 443 cm³/mol. The van der Waals surface area contributed by atoms with E-state index in [1.807, 2.05) is 114 Å². The molecule has 0 radical (unpaired) electrons. The lowest BCUT2D eigenvalue weighted by molar-refractivity contribution is -0.173. The molecular formula is C81H96F3N17O22. The van der Waals surface area contributed by atoms with Crippen LogP contribution in [0.5, 0.6) is 0 Å². The first-order valence-electron chi connectivity index (χ1n) is 37.7. The van der Waals surface area contributed by atoms with E-state index in [1.54, 1.807) is 89.3 Å². The highest BCUT2D eigenvalue weighted by molar-refractivity contribution is 5.99. The molecule has 658 valence electrons. The van der Waals surface area contributed by atoms with Crippen LogP contribution in [0.3, 0.4) is 0 Å². The molecule has 0 unspecified atom stereocenters. The van der Waals surface area contributed by atoms with Gasteiger partial charge in [-0.25, -0.2) is 34.1 Å². The monoisotopic (exact) mass is 1720 g/mol. The summed E-state index contributed by atoms with van der Waals surface area (Å²) < 4.78 is 86.7. The number of alkyl halides is 3. The number of amides is 5. The van der Waals surface area contributed by atoms with E-state index in [0.717, 1.165) is 33.1 Å². The Labute approximate surface area is 700 Å². The number of oxazole rings is 3. The predicted octanol–water partition coefficient (Wildman–Crippen LogP) is 10.1. The lowest BCUT2D eigenvalue weighted by Crippen LogP contribution is -2.38. The molecule has 6 heterocycles. The number of imidazole rings is 3. The Morgan fingerprint density at radius 3 is 1.02 bits per heavy atom. The number of carbonyl (C=O) groups excluding carboxylic acids is 8. The average molecular weight is 1720 g/mol. The van der Waals surface area contributed by atoms with Gasteiger partial charge in [0.1, 0.15) is 54.2 Å². The fourth-order valence-corrected chi connectivity index (χ4v) is 10.2. The van der Waals surface area contributed by atoms with Crippen molar-refractivity contribution in [3.8, 4) is 0 Å². The summed E-state index contributed by atoms with van der Waals surface area (Å²) in [5.74, 6) is -3.29. The molecule has 11 N–H and O–H groups in total. The number of aliphatic hydroxyl groups excluding tert-OH is 1. The first kappa shape index (κ1) is 96.2. The van der Waals surface area contributed by atoms with Gasteiger partial charge in [-0.2, -0.15) is 28.1 Å². The average Bonchev–Trinajstić information content (AvgIpc) is 1.65. The topological polar surface area (TPSA) is 515 Å². The van der Waals surface area contributed by atoms with Gasteiger partial charge < -0.3 is 97.3 Å². The summed E-state index contributed by atoms with van der Waals surface area (Å²) in [5.41, 5.74) is 8.82. The van der Waals surface area contributed by atoms with E-state index >= 15 is 0 Å². The molecule has 0 spiro atoms.